The summed E-state index contributed by atoms with van der Waals surface area (Å²) in [6.45, 7) is 0.603. The maximum Gasteiger partial charge on any atom is 0.188 e. The van der Waals surface area contributed by atoms with Crippen LogP contribution in [0.1, 0.15) is 44.2 Å². The molecule has 0 aliphatic heterocycles. The highest BCUT2D eigenvalue weighted by molar-refractivity contribution is 5.78. The molecule has 0 amide bonds. The van der Waals surface area contributed by atoms with Gasteiger partial charge in [-0.05, 0) is 43.2 Å². The lowest BCUT2D eigenvalue weighted by atomic mass is 10.1. The first-order valence-electron chi connectivity index (χ1n) is 9.08. The number of nitrogens with zero attached hydrogens (tertiary/aromatic N) is 3. The fraction of sp³-hybridized carbons (Fsp3) is 0.474. The summed E-state index contributed by atoms with van der Waals surface area (Å²) < 4.78 is 14.7. The van der Waals surface area contributed by atoms with Crippen molar-refractivity contribution in [1.29, 1.82) is 0 Å². The van der Waals surface area contributed by atoms with E-state index in [0.717, 1.165) is 17.8 Å². The Hall–Kier alpha value is -2.37. The summed E-state index contributed by atoms with van der Waals surface area (Å²) in [4.78, 5) is 4.42. The van der Waals surface area contributed by atoms with Crippen LogP contribution in [0.3, 0.4) is 0 Å². The summed E-state index contributed by atoms with van der Waals surface area (Å²) in [5, 5.41) is 7.85. The van der Waals surface area contributed by atoms with Crippen molar-refractivity contribution in [3.8, 4) is 5.69 Å². The molecule has 1 heterocycles. The van der Waals surface area contributed by atoms with E-state index >= 15 is 0 Å². The quantitative estimate of drug-likeness (QED) is 0.498. The second-order valence-corrected chi connectivity index (χ2v) is 6.58. The zero-order chi connectivity index (χ0) is 17.5. The third kappa shape index (κ3) is 5.31. The molecular weight excluding hydrogens is 317 g/mol. The van der Waals surface area contributed by atoms with Gasteiger partial charge in [-0.1, -0.05) is 25.7 Å². The summed E-state index contributed by atoms with van der Waals surface area (Å²) in [7, 11) is 0. The van der Waals surface area contributed by atoms with Gasteiger partial charge in [-0.25, -0.2) is 9.07 Å². The molecule has 6 heteroatoms. The van der Waals surface area contributed by atoms with Gasteiger partial charge in [0.05, 0.1) is 11.4 Å². The van der Waals surface area contributed by atoms with E-state index in [0.29, 0.717) is 18.5 Å². The monoisotopic (exact) mass is 343 g/mol. The fourth-order valence-electron chi connectivity index (χ4n) is 3.20. The SMILES string of the molecule is NC(=NCCc1ccn(-c2ccc(F)cc2)n1)NC1CCCCCC1. The molecule has 1 aliphatic rings. The van der Waals surface area contributed by atoms with E-state index in [1.807, 2.05) is 12.3 Å². The molecule has 1 fully saturated rings. The first-order chi connectivity index (χ1) is 12.2. The highest BCUT2D eigenvalue weighted by atomic mass is 19.1. The van der Waals surface area contributed by atoms with Crippen LogP contribution < -0.4 is 11.1 Å². The summed E-state index contributed by atoms with van der Waals surface area (Å²) in [6, 6.07) is 8.69. The van der Waals surface area contributed by atoms with Gasteiger partial charge in [0.15, 0.2) is 5.96 Å². The van der Waals surface area contributed by atoms with Gasteiger partial charge in [-0.3, -0.25) is 4.99 Å². The van der Waals surface area contributed by atoms with Gasteiger partial charge in [-0.15, -0.1) is 0 Å². The van der Waals surface area contributed by atoms with Gasteiger partial charge in [0.2, 0.25) is 0 Å². The van der Waals surface area contributed by atoms with Crippen molar-refractivity contribution in [2.24, 2.45) is 10.7 Å². The third-order valence-corrected chi connectivity index (χ3v) is 4.59. The normalized spacial score (nSPS) is 16.6. The van der Waals surface area contributed by atoms with E-state index in [2.05, 4.69) is 15.4 Å². The third-order valence-electron chi connectivity index (χ3n) is 4.59. The molecule has 134 valence electrons. The van der Waals surface area contributed by atoms with Crippen molar-refractivity contribution in [2.75, 3.05) is 6.54 Å². The predicted molar refractivity (Wildman–Crippen MR) is 98.3 cm³/mol. The number of halogens is 1. The highest BCUT2D eigenvalue weighted by Gasteiger charge is 2.12. The Morgan fingerprint density at radius 2 is 1.88 bits per heavy atom. The van der Waals surface area contributed by atoms with Gasteiger partial charge >= 0.3 is 0 Å². The molecule has 1 aromatic carbocycles. The zero-order valence-corrected chi connectivity index (χ0v) is 14.5. The number of benzene rings is 1. The molecule has 3 N–H and O–H groups in total. The van der Waals surface area contributed by atoms with Crippen molar-refractivity contribution in [2.45, 2.75) is 51.0 Å². The predicted octanol–water partition coefficient (Wildman–Crippen LogP) is 3.18. The lowest BCUT2D eigenvalue weighted by molar-refractivity contribution is 0.530. The Morgan fingerprint density at radius 1 is 1.16 bits per heavy atom. The lowest BCUT2D eigenvalue weighted by Gasteiger charge is -2.16. The minimum atomic E-state index is -0.248. The molecule has 0 atom stereocenters. The van der Waals surface area contributed by atoms with E-state index in [-0.39, 0.29) is 5.82 Å². The Kier molecular flexibility index (Phi) is 6.04. The summed E-state index contributed by atoms with van der Waals surface area (Å²) in [6.07, 6.45) is 10.1. The minimum Gasteiger partial charge on any atom is -0.370 e. The van der Waals surface area contributed by atoms with Gasteiger partial charge in [0.25, 0.3) is 0 Å². The van der Waals surface area contributed by atoms with Crippen molar-refractivity contribution in [3.63, 3.8) is 0 Å². The Balaban J connectivity index is 1.49. The number of aliphatic imine (C=N–C) groups is 1. The number of aromatic nitrogens is 2. The van der Waals surface area contributed by atoms with Crippen LogP contribution in [0.5, 0.6) is 0 Å². The summed E-state index contributed by atoms with van der Waals surface area (Å²) in [5.74, 6) is 0.284. The molecule has 0 saturated heterocycles. The largest absolute Gasteiger partial charge is 0.370 e. The molecule has 5 nitrogen and oxygen atoms in total. The topological polar surface area (TPSA) is 68.2 Å². The number of guanidine groups is 1. The van der Waals surface area contributed by atoms with Crippen molar-refractivity contribution < 1.29 is 4.39 Å². The fourth-order valence-corrected chi connectivity index (χ4v) is 3.20. The molecule has 1 aliphatic carbocycles. The maximum atomic E-state index is 13.0. The Bertz CT molecular complexity index is 684. The number of rotatable bonds is 5. The van der Waals surface area contributed by atoms with E-state index in [4.69, 9.17) is 5.73 Å². The van der Waals surface area contributed by atoms with Crippen LogP contribution in [0.25, 0.3) is 5.69 Å². The van der Waals surface area contributed by atoms with Crippen LogP contribution >= 0.6 is 0 Å². The zero-order valence-electron chi connectivity index (χ0n) is 14.5. The smallest absolute Gasteiger partial charge is 0.188 e. The van der Waals surface area contributed by atoms with Crippen molar-refractivity contribution in [3.05, 3.63) is 48.0 Å². The van der Waals surface area contributed by atoms with Crippen LogP contribution in [0.2, 0.25) is 0 Å². The Morgan fingerprint density at radius 3 is 2.60 bits per heavy atom. The molecule has 3 rings (SSSR count). The molecule has 1 saturated carbocycles. The maximum absolute atomic E-state index is 13.0. The Labute approximate surface area is 148 Å². The number of hydrogen-bond acceptors (Lipinski definition) is 2. The molecule has 0 spiro atoms. The summed E-state index contributed by atoms with van der Waals surface area (Å²) in [5.41, 5.74) is 7.79. The minimum absolute atomic E-state index is 0.248. The van der Waals surface area contributed by atoms with Crippen LogP contribution in [-0.2, 0) is 6.42 Å². The van der Waals surface area contributed by atoms with Gasteiger partial charge in [0, 0.05) is 25.2 Å². The molecule has 2 aromatic rings. The second kappa shape index (κ2) is 8.65. The standard InChI is InChI=1S/C19H26FN5/c20-15-7-9-18(10-8-15)25-14-12-17(24-25)11-13-22-19(21)23-16-5-3-1-2-4-6-16/h7-10,12,14,16H,1-6,11,13H2,(H3,21,22,23). The van der Waals surface area contributed by atoms with E-state index in [9.17, 15) is 4.39 Å². The van der Waals surface area contributed by atoms with Gasteiger partial charge in [-0.2, -0.15) is 5.10 Å². The molecule has 1 aromatic heterocycles. The summed E-state index contributed by atoms with van der Waals surface area (Å²) >= 11 is 0. The van der Waals surface area contributed by atoms with Crippen LogP contribution in [0.4, 0.5) is 4.39 Å². The van der Waals surface area contributed by atoms with E-state index < -0.39 is 0 Å². The first-order valence-corrected chi connectivity index (χ1v) is 9.08. The van der Waals surface area contributed by atoms with Crippen LogP contribution in [0.15, 0.2) is 41.5 Å². The molecule has 0 radical (unpaired) electrons. The highest BCUT2D eigenvalue weighted by Crippen LogP contribution is 2.17. The average molecular weight is 343 g/mol. The van der Waals surface area contributed by atoms with E-state index in [1.165, 1.54) is 50.7 Å². The lowest BCUT2D eigenvalue weighted by Crippen LogP contribution is -2.40. The number of hydrogen-bond donors (Lipinski definition) is 2. The van der Waals surface area contributed by atoms with Crippen LogP contribution in [0, 0.1) is 5.82 Å². The average Bonchev–Trinajstić information content (AvgIpc) is 2.92. The van der Waals surface area contributed by atoms with Crippen molar-refractivity contribution in [1.82, 2.24) is 15.1 Å². The van der Waals surface area contributed by atoms with E-state index in [1.54, 1.807) is 16.8 Å². The number of nitrogens with two attached hydrogens (primary N) is 1. The van der Waals surface area contributed by atoms with Crippen molar-refractivity contribution >= 4 is 5.96 Å². The number of nitrogens with one attached hydrogen (secondary N) is 1. The first kappa shape index (κ1) is 17.5. The molecule has 25 heavy (non-hydrogen) atoms. The van der Waals surface area contributed by atoms with Gasteiger partial charge < -0.3 is 11.1 Å². The second-order valence-electron chi connectivity index (χ2n) is 6.58. The molecule has 0 bridgehead atoms. The van der Waals surface area contributed by atoms with Crippen LogP contribution in [-0.4, -0.2) is 28.3 Å². The molecule has 0 unspecified atom stereocenters. The molecular formula is C19H26FN5. The van der Waals surface area contributed by atoms with Gasteiger partial charge in [0.1, 0.15) is 5.82 Å².